The summed E-state index contributed by atoms with van der Waals surface area (Å²) in [5, 5.41) is 3.17. The minimum atomic E-state index is 0.0337. The molecule has 1 aliphatic heterocycles. The third-order valence-corrected chi connectivity index (χ3v) is 4.11. The Morgan fingerprint density at radius 2 is 1.85 bits per heavy atom. The number of nitrogens with one attached hydrogen (secondary N) is 1. The Morgan fingerprint density at radius 1 is 1.10 bits per heavy atom. The number of carbonyl (C=O) groups excluding carboxylic acids is 1. The molecule has 1 amide bonds. The number of amides is 1. The minimum Gasteiger partial charge on any atom is -0.488 e. The molecule has 1 N–H and O–H groups in total. The van der Waals surface area contributed by atoms with Crippen molar-refractivity contribution in [3.8, 4) is 5.75 Å². The van der Waals surface area contributed by atoms with E-state index in [1.165, 1.54) is 25.7 Å². The van der Waals surface area contributed by atoms with E-state index in [2.05, 4.69) is 5.32 Å². The van der Waals surface area contributed by atoms with Crippen LogP contribution in [0.1, 0.15) is 44.1 Å². The summed E-state index contributed by atoms with van der Waals surface area (Å²) >= 11 is 0. The topological polar surface area (TPSA) is 38.3 Å². The molecule has 3 rings (SSSR count). The smallest absolute Gasteiger partial charge is 0.250 e. The van der Waals surface area contributed by atoms with E-state index in [1.807, 2.05) is 30.3 Å². The molecule has 1 aromatic rings. The molecule has 0 bridgehead atoms. The van der Waals surface area contributed by atoms with Crippen LogP contribution in [-0.2, 0) is 4.79 Å². The van der Waals surface area contributed by atoms with Crippen LogP contribution in [0.15, 0.2) is 29.8 Å². The lowest BCUT2D eigenvalue weighted by Gasteiger charge is -2.20. The SMILES string of the molecule is O=C(NC1CCCCCC1)C1=Cc2ccccc2OC1. The molecule has 1 saturated carbocycles. The van der Waals surface area contributed by atoms with E-state index in [0.717, 1.165) is 29.7 Å². The summed E-state index contributed by atoms with van der Waals surface area (Å²) in [5.74, 6) is 0.893. The van der Waals surface area contributed by atoms with Gasteiger partial charge in [0.2, 0.25) is 0 Å². The van der Waals surface area contributed by atoms with Crippen LogP contribution in [0.5, 0.6) is 5.75 Å². The summed E-state index contributed by atoms with van der Waals surface area (Å²) < 4.78 is 5.64. The molecule has 0 aromatic heterocycles. The predicted molar refractivity (Wildman–Crippen MR) is 79.5 cm³/mol. The molecule has 0 radical (unpaired) electrons. The van der Waals surface area contributed by atoms with Gasteiger partial charge in [-0.2, -0.15) is 0 Å². The summed E-state index contributed by atoms with van der Waals surface area (Å²) in [6.45, 7) is 0.371. The Morgan fingerprint density at radius 3 is 2.65 bits per heavy atom. The molecule has 3 nitrogen and oxygen atoms in total. The number of hydrogen-bond acceptors (Lipinski definition) is 2. The number of benzene rings is 1. The van der Waals surface area contributed by atoms with Gasteiger partial charge in [0.15, 0.2) is 0 Å². The minimum absolute atomic E-state index is 0.0337. The van der Waals surface area contributed by atoms with Crippen molar-refractivity contribution < 1.29 is 9.53 Å². The van der Waals surface area contributed by atoms with Crippen LogP contribution in [0.4, 0.5) is 0 Å². The molecule has 1 heterocycles. The third kappa shape index (κ3) is 3.03. The highest BCUT2D eigenvalue weighted by molar-refractivity contribution is 5.99. The van der Waals surface area contributed by atoms with Crippen LogP contribution in [0, 0.1) is 0 Å². The number of fused-ring (bicyclic) bond motifs is 1. The van der Waals surface area contributed by atoms with Crippen molar-refractivity contribution in [2.75, 3.05) is 6.61 Å². The number of hydrogen-bond donors (Lipinski definition) is 1. The van der Waals surface area contributed by atoms with Gasteiger partial charge in [0.05, 0.1) is 5.57 Å². The quantitative estimate of drug-likeness (QED) is 0.838. The number of carbonyl (C=O) groups is 1. The van der Waals surface area contributed by atoms with Crippen LogP contribution in [0.2, 0.25) is 0 Å². The maximum Gasteiger partial charge on any atom is 0.250 e. The summed E-state index contributed by atoms with van der Waals surface area (Å²) in [4.78, 5) is 12.3. The highest BCUT2D eigenvalue weighted by Gasteiger charge is 2.20. The maximum absolute atomic E-state index is 12.3. The van der Waals surface area contributed by atoms with Crippen LogP contribution in [0.3, 0.4) is 0 Å². The fourth-order valence-electron chi connectivity index (χ4n) is 2.95. The van der Waals surface area contributed by atoms with Gasteiger partial charge < -0.3 is 10.1 Å². The Labute approximate surface area is 120 Å². The molecule has 0 unspecified atom stereocenters. The van der Waals surface area contributed by atoms with E-state index >= 15 is 0 Å². The zero-order valence-corrected chi connectivity index (χ0v) is 11.7. The molecule has 20 heavy (non-hydrogen) atoms. The lowest BCUT2D eigenvalue weighted by Crippen LogP contribution is -2.37. The third-order valence-electron chi connectivity index (χ3n) is 4.11. The van der Waals surface area contributed by atoms with Gasteiger partial charge in [0, 0.05) is 11.6 Å². The number of rotatable bonds is 2. The van der Waals surface area contributed by atoms with Crippen LogP contribution < -0.4 is 10.1 Å². The molecule has 0 atom stereocenters. The fourth-order valence-corrected chi connectivity index (χ4v) is 2.95. The average molecular weight is 271 g/mol. The van der Waals surface area contributed by atoms with Crippen molar-refractivity contribution in [1.82, 2.24) is 5.32 Å². The Balaban J connectivity index is 1.67. The molecule has 2 aliphatic rings. The van der Waals surface area contributed by atoms with Crippen LogP contribution >= 0.6 is 0 Å². The van der Waals surface area contributed by atoms with Gasteiger partial charge in [-0.25, -0.2) is 0 Å². The molecule has 106 valence electrons. The zero-order chi connectivity index (χ0) is 13.8. The van der Waals surface area contributed by atoms with Gasteiger partial charge in [-0.1, -0.05) is 43.9 Å². The van der Waals surface area contributed by atoms with E-state index in [9.17, 15) is 4.79 Å². The summed E-state index contributed by atoms with van der Waals surface area (Å²) in [5.41, 5.74) is 1.72. The first-order valence-electron chi connectivity index (χ1n) is 7.56. The first-order chi connectivity index (χ1) is 9.83. The predicted octanol–water partition coefficient (Wildman–Crippen LogP) is 3.30. The second-order valence-electron chi connectivity index (χ2n) is 5.66. The fraction of sp³-hybridized carbons (Fsp3) is 0.471. The van der Waals surface area contributed by atoms with Gasteiger partial charge >= 0.3 is 0 Å². The van der Waals surface area contributed by atoms with E-state index < -0.39 is 0 Å². The maximum atomic E-state index is 12.3. The summed E-state index contributed by atoms with van der Waals surface area (Å²) in [6.07, 6.45) is 9.21. The van der Waals surface area contributed by atoms with Crippen molar-refractivity contribution >= 4 is 12.0 Å². The van der Waals surface area contributed by atoms with E-state index in [1.54, 1.807) is 0 Å². The van der Waals surface area contributed by atoms with E-state index in [4.69, 9.17) is 4.74 Å². The largest absolute Gasteiger partial charge is 0.488 e. The van der Waals surface area contributed by atoms with Gasteiger partial charge in [0.25, 0.3) is 5.91 Å². The molecule has 1 aliphatic carbocycles. The number of para-hydroxylation sites is 1. The molecule has 0 spiro atoms. The zero-order valence-electron chi connectivity index (χ0n) is 11.7. The summed E-state index contributed by atoms with van der Waals surface area (Å²) in [7, 11) is 0. The highest BCUT2D eigenvalue weighted by atomic mass is 16.5. The first kappa shape index (κ1) is 13.2. The van der Waals surface area contributed by atoms with Crippen molar-refractivity contribution in [3.05, 3.63) is 35.4 Å². The van der Waals surface area contributed by atoms with Gasteiger partial charge in [-0.15, -0.1) is 0 Å². The van der Waals surface area contributed by atoms with Crippen LogP contribution in [0.25, 0.3) is 6.08 Å². The molecule has 0 saturated heterocycles. The first-order valence-corrected chi connectivity index (χ1v) is 7.56. The highest BCUT2D eigenvalue weighted by Crippen LogP contribution is 2.26. The van der Waals surface area contributed by atoms with Crippen molar-refractivity contribution in [2.45, 2.75) is 44.6 Å². The molecule has 1 fully saturated rings. The second-order valence-corrected chi connectivity index (χ2v) is 5.66. The van der Waals surface area contributed by atoms with Gasteiger partial charge in [0.1, 0.15) is 12.4 Å². The van der Waals surface area contributed by atoms with E-state index in [-0.39, 0.29) is 5.91 Å². The van der Waals surface area contributed by atoms with E-state index in [0.29, 0.717) is 12.6 Å². The monoisotopic (exact) mass is 271 g/mol. The van der Waals surface area contributed by atoms with Crippen molar-refractivity contribution in [1.29, 1.82) is 0 Å². The second kappa shape index (κ2) is 6.12. The molecule has 1 aromatic carbocycles. The Kier molecular flexibility index (Phi) is 4.05. The lowest BCUT2D eigenvalue weighted by atomic mass is 10.1. The molecular formula is C17H21NO2. The van der Waals surface area contributed by atoms with Crippen molar-refractivity contribution in [3.63, 3.8) is 0 Å². The molecular weight excluding hydrogens is 250 g/mol. The standard InChI is InChI=1S/C17H21NO2/c19-17(18-15-8-3-1-2-4-9-15)14-11-13-7-5-6-10-16(13)20-12-14/h5-7,10-11,15H,1-4,8-9,12H2,(H,18,19). The van der Waals surface area contributed by atoms with Crippen molar-refractivity contribution in [2.24, 2.45) is 0 Å². The Bertz CT molecular complexity index is 513. The van der Waals surface area contributed by atoms with Gasteiger partial charge in [-0.05, 0) is 25.0 Å². The normalized spacial score (nSPS) is 19.3. The average Bonchev–Trinajstić information content (AvgIpc) is 2.75. The Hall–Kier alpha value is -1.77. The summed E-state index contributed by atoms with van der Waals surface area (Å²) in [6, 6.07) is 8.16. The lowest BCUT2D eigenvalue weighted by molar-refractivity contribution is -0.118. The van der Waals surface area contributed by atoms with Crippen LogP contribution in [-0.4, -0.2) is 18.6 Å². The van der Waals surface area contributed by atoms with Gasteiger partial charge in [-0.3, -0.25) is 4.79 Å². The number of ether oxygens (including phenoxy) is 1. The molecule has 3 heteroatoms.